The highest BCUT2D eigenvalue weighted by Crippen LogP contribution is 2.55. The molecule has 4 amide bonds. The highest BCUT2D eigenvalue weighted by Gasteiger charge is 2.51. The minimum Gasteiger partial charge on any atom is -0.338 e. The maximum atomic E-state index is 12.7. The number of hydrogen-bond acceptors (Lipinski definition) is 2. The molecule has 0 aromatic heterocycles. The van der Waals surface area contributed by atoms with Crippen LogP contribution in [0.5, 0.6) is 0 Å². The molecule has 0 aromatic carbocycles. The van der Waals surface area contributed by atoms with E-state index in [9.17, 15) is 9.59 Å². The summed E-state index contributed by atoms with van der Waals surface area (Å²) in [4.78, 5) is 27.2. The van der Waals surface area contributed by atoms with Crippen LogP contribution in [-0.2, 0) is 0 Å². The van der Waals surface area contributed by atoms with Crippen LogP contribution in [-0.4, -0.2) is 48.2 Å². The van der Waals surface area contributed by atoms with Crippen LogP contribution in [0.2, 0.25) is 0 Å². The van der Waals surface area contributed by atoms with E-state index in [0.717, 1.165) is 63.1 Å². The van der Waals surface area contributed by atoms with Crippen molar-refractivity contribution in [3.63, 3.8) is 0 Å². The lowest BCUT2D eigenvalue weighted by atomic mass is 9.53. The smallest absolute Gasteiger partial charge is 0.317 e. The maximum Gasteiger partial charge on any atom is 0.317 e. The molecule has 0 atom stereocenters. The van der Waals surface area contributed by atoms with E-state index in [4.69, 9.17) is 0 Å². The SMILES string of the molecule is O=C(NCC1CCN(C(=O)NC2CCCCC2)CC1)NC12CC3CC(CC(C3)C1)C2. The van der Waals surface area contributed by atoms with Gasteiger partial charge in [-0.25, -0.2) is 9.59 Å². The lowest BCUT2D eigenvalue weighted by Crippen LogP contribution is -2.61. The third-order valence-electron chi connectivity index (χ3n) is 8.80. The average molecular weight is 417 g/mol. The van der Waals surface area contributed by atoms with Gasteiger partial charge in [0, 0.05) is 31.2 Å². The molecule has 6 aliphatic rings. The standard InChI is InChI=1S/C24H40N4O2/c29-22(27-24-13-18-10-19(14-24)12-20(11-18)15-24)25-16-17-6-8-28(9-7-17)23(30)26-21-4-2-1-3-5-21/h17-21H,1-16H2,(H,26,30)(H2,25,27,29). The summed E-state index contributed by atoms with van der Waals surface area (Å²) in [6.07, 6.45) is 15.8. The second kappa shape index (κ2) is 8.58. The van der Waals surface area contributed by atoms with Gasteiger partial charge in [-0.2, -0.15) is 0 Å². The zero-order valence-corrected chi connectivity index (χ0v) is 18.5. The van der Waals surface area contributed by atoms with Crippen LogP contribution in [0.4, 0.5) is 9.59 Å². The average Bonchev–Trinajstić information content (AvgIpc) is 2.72. The summed E-state index contributed by atoms with van der Waals surface area (Å²) in [5.41, 5.74) is 0.0827. The van der Waals surface area contributed by atoms with Crippen molar-refractivity contribution in [3.8, 4) is 0 Å². The molecule has 0 spiro atoms. The van der Waals surface area contributed by atoms with E-state index in [0.29, 0.717) is 12.0 Å². The largest absolute Gasteiger partial charge is 0.338 e. The van der Waals surface area contributed by atoms with E-state index in [1.807, 2.05) is 4.90 Å². The second-order valence-corrected chi connectivity index (χ2v) is 11.2. The number of carbonyl (C=O) groups excluding carboxylic acids is 2. The number of carbonyl (C=O) groups is 2. The van der Waals surface area contributed by atoms with Crippen LogP contribution < -0.4 is 16.0 Å². The van der Waals surface area contributed by atoms with E-state index in [1.165, 1.54) is 57.8 Å². The van der Waals surface area contributed by atoms with Crippen molar-refractivity contribution in [2.45, 2.75) is 95.1 Å². The molecule has 0 radical (unpaired) electrons. The summed E-state index contributed by atoms with van der Waals surface area (Å²) in [6, 6.07) is 0.529. The van der Waals surface area contributed by atoms with Gasteiger partial charge < -0.3 is 20.9 Å². The molecule has 168 valence electrons. The summed E-state index contributed by atoms with van der Waals surface area (Å²) in [6.45, 7) is 2.35. The molecule has 6 heteroatoms. The number of urea groups is 2. The highest BCUT2D eigenvalue weighted by atomic mass is 16.2. The van der Waals surface area contributed by atoms with Gasteiger partial charge in [0.15, 0.2) is 0 Å². The van der Waals surface area contributed by atoms with Crippen molar-refractivity contribution in [2.24, 2.45) is 23.7 Å². The molecule has 6 fully saturated rings. The number of nitrogens with one attached hydrogen (secondary N) is 3. The zero-order chi connectivity index (χ0) is 20.6. The highest BCUT2D eigenvalue weighted by molar-refractivity contribution is 5.75. The summed E-state index contributed by atoms with van der Waals surface area (Å²) in [7, 11) is 0. The van der Waals surface area contributed by atoms with Crippen LogP contribution in [0.1, 0.15) is 83.5 Å². The topological polar surface area (TPSA) is 73.5 Å². The summed E-state index contributed by atoms with van der Waals surface area (Å²) < 4.78 is 0. The Labute approximate surface area is 181 Å². The molecule has 0 aromatic rings. The first-order valence-electron chi connectivity index (χ1n) is 12.7. The van der Waals surface area contributed by atoms with Crippen molar-refractivity contribution in [2.75, 3.05) is 19.6 Å². The van der Waals surface area contributed by atoms with Crippen LogP contribution in [0.25, 0.3) is 0 Å². The minimum absolute atomic E-state index is 0.0365. The first kappa shape index (κ1) is 20.4. The molecule has 6 rings (SSSR count). The molecule has 4 bridgehead atoms. The van der Waals surface area contributed by atoms with Gasteiger partial charge in [0.2, 0.25) is 0 Å². The van der Waals surface area contributed by atoms with Crippen molar-refractivity contribution >= 4 is 12.1 Å². The van der Waals surface area contributed by atoms with Crippen LogP contribution in [0.3, 0.4) is 0 Å². The Balaban J connectivity index is 1.02. The Kier molecular flexibility index (Phi) is 5.85. The fraction of sp³-hybridized carbons (Fsp3) is 0.917. The molecule has 1 saturated heterocycles. The number of rotatable bonds is 4. The molecule has 30 heavy (non-hydrogen) atoms. The number of likely N-dealkylation sites (tertiary alicyclic amines) is 1. The zero-order valence-electron chi connectivity index (χ0n) is 18.5. The molecule has 5 saturated carbocycles. The fourth-order valence-corrected chi connectivity index (χ4v) is 7.64. The van der Waals surface area contributed by atoms with Gasteiger partial charge in [-0.15, -0.1) is 0 Å². The number of amides is 4. The Morgan fingerprint density at radius 3 is 2.03 bits per heavy atom. The summed E-state index contributed by atoms with van der Waals surface area (Å²) >= 11 is 0. The monoisotopic (exact) mass is 416 g/mol. The van der Waals surface area contributed by atoms with Gasteiger partial charge in [0.1, 0.15) is 0 Å². The van der Waals surface area contributed by atoms with E-state index in [-0.39, 0.29) is 17.6 Å². The molecule has 6 nitrogen and oxygen atoms in total. The van der Waals surface area contributed by atoms with Gasteiger partial charge in [-0.05, 0) is 87.9 Å². The Morgan fingerprint density at radius 2 is 1.43 bits per heavy atom. The molecule has 3 N–H and O–H groups in total. The lowest BCUT2D eigenvalue weighted by molar-refractivity contribution is -0.0135. The van der Waals surface area contributed by atoms with E-state index >= 15 is 0 Å². The van der Waals surface area contributed by atoms with Gasteiger partial charge in [0.25, 0.3) is 0 Å². The van der Waals surface area contributed by atoms with Crippen molar-refractivity contribution < 1.29 is 9.59 Å². The minimum atomic E-state index is 0.0365. The van der Waals surface area contributed by atoms with Crippen LogP contribution >= 0.6 is 0 Å². The molecule has 1 heterocycles. The van der Waals surface area contributed by atoms with Crippen molar-refractivity contribution in [3.05, 3.63) is 0 Å². The lowest BCUT2D eigenvalue weighted by Gasteiger charge is -2.56. The van der Waals surface area contributed by atoms with Gasteiger partial charge >= 0.3 is 12.1 Å². The molecule has 5 aliphatic carbocycles. The van der Waals surface area contributed by atoms with Gasteiger partial charge in [-0.1, -0.05) is 19.3 Å². The molecular weight excluding hydrogens is 376 g/mol. The molecule has 1 aliphatic heterocycles. The predicted octanol–water partition coefficient (Wildman–Crippen LogP) is 4.01. The van der Waals surface area contributed by atoms with E-state index < -0.39 is 0 Å². The Morgan fingerprint density at radius 1 is 0.833 bits per heavy atom. The molecular formula is C24H40N4O2. The third kappa shape index (κ3) is 4.57. The normalized spacial score (nSPS) is 36.5. The second-order valence-electron chi connectivity index (χ2n) is 11.2. The number of nitrogens with zero attached hydrogens (tertiary/aromatic N) is 1. The summed E-state index contributed by atoms with van der Waals surface area (Å²) in [5.74, 6) is 3.02. The fourth-order valence-electron chi connectivity index (χ4n) is 7.64. The van der Waals surface area contributed by atoms with Gasteiger partial charge in [0.05, 0.1) is 0 Å². The van der Waals surface area contributed by atoms with E-state index in [1.54, 1.807) is 0 Å². The van der Waals surface area contributed by atoms with Crippen molar-refractivity contribution in [1.82, 2.24) is 20.9 Å². The van der Waals surface area contributed by atoms with Crippen LogP contribution in [0.15, 0.2) is 0 Å². The van der Waals surface area contributed by atoms with Gasteiger partial charge in [-0.3, -0.25) is 0 Å². The number of piperidine rings is 1. The predicted molar refractivity (Wildman–Crippen MR) is 117 cm³/mol. The quantitative estimate of drug-likeness (QED) is 0.648. The van der Waals surface area contributed by atoms with Crippen molar-refractivity contribution in [1.29, 1.82) is 0 Å². The Hall–Kier alpha value is -1.46. The number of hydrogen-bond donors (Lipinski definition) is 3. The third-order valence-corrected chi connectivity index (χ3v) is 8.80. The first-order chi connectivity index (χ1) is 14.6. The summed E-state index contributed by atoms with van der Waals surface area (Å²) in [5, 5.41) is 9.81. The van der Waals surface area contributed by atoms with E-state index in [2.05, 4.69) is 16.0 Å². The maximum absolute atomic E-state index is 12.7. The first-order valence-corrected chi connectivity index (χ1v) is 12.7. The van der Waals surface area contributed by atoms with Crippen LogP contribution in [0, 0.1) is 23.7 Å². The Bertz CT molecular complexity index is 602. The molecule has 0 unspecified atom stereocenters.